The molecule has 0 heterocycles. The van der Waals surface area contributed by atoms with Gasteiger partial charge in [-0.05, 0) is 36.1 Å². The molecule has 0 aromatic heterocycles. The van der Waals surface area contributed by atoms with E-state index in [4.69, 9.17) is 22.8 Å². The van der Waals surface area contributed by atoms with Crippen LogP contribution in [0.1, 0.15) is 51.7 Å². The van der Waals surface area contributed by atoms with Crippen molar-refractivity contribution in [3.05, 3.63) is 106 Å². The van der Waals surface area contributed by atoms with Gasteiger partial charge in [0.15, 0.2) is 12.4 Å². The smallest absolute Gasteiger partial charge is 0.307 e. The van der Waals surface area contributed by atoms with E-state index in [0.29, 0.717) is 10.6 Å². The molecule has 0 unspecified atom stereocenters. The molecule has 0 bridgehead atoms. The average Bonchev–Trinajstić information content (AvgIpc) is 2.81. The molecule has 3 aromatic rings. The first-order valence-corrected chi connectivity index (χ1v) is 10.8. The number of rotatable bonds is 9. The van der Waals surface area contributed by atoms with Crippen LogP contribution >= 0.6 is 11.6 Å². The number of ether oxygens (including phenoxy) is 1. The fraction of sp³-hybridized carbons (Fsp3) is 0.214. The van der Waals surface area contributed by atoms with Crippen LogP contribution in [0.3, 0.4) is 0 Å². The molecule has 0 amide bonds. The van der Waals surface area contributed by atoms with E-state index < -0.39 is 5.97 Å². The lowest BCUT2D eigenvalue weighted by Crippen LogP contribution is -2.20. The molecule has 2 atom stereocenters. The quantitative estimate of drug-likeness (QED) is 0.219. The van der Waals surface area contributed by atoms with Crippen LogP contribution in [-0.4, -0.2) is 18.4 Å². The Morgan fingerprint density at radius 1 is 0.875 bits per heavy atom. The first-order chi connectivity index (χ1) is 15.5. The summed E-state index contributed by atoms with van der Waals surface area (Å²) in [5, 5.41) is 0.613. The molecule has 3 rings (SSSR count). The lowest BCUT2D eigenvalue weighted by Gasteiger charge is -2.27. The lowest BCUT2D eigenvalue weighted by molar-refractivity contribution is -0.142. The SMILES string of the molecule is C#CCOC(=O)C[C@@H](c1ccccc1)[C@@H](CC(=O)c1ccc(C)cc1)c1ccc(Cl)cc1. The van der Waals surface area contributed by atoms with Gasteiger partial charge in [-0.3, -0.25) is 9.59 Å². The number of aryl methyl sites for hydroxylation is 1. The molecule has 0 saturated heterocycles. The molecule has 0 N–H and O–H groups in total. The highest BCUT2D eigenvalue weighted by Crippen LogP contribution is 2.39. The summed E-state index contributed by atoms with van der Waals surface area (Å²) in [5.41, 5.74) is 3.64. The maximum Gasteiger partial charge on any atom is 0.307 e. The van der Waals surface area contributed by atoms with Crippen LogP contribution < -0.4 is 0 Å². The molecule has 3 nitrogen and oxygen atoms in total. The summed E-state index contributed by atoms with van der Waals surface area (Å²) in [6.07, 6.45) is 5.59. The number of benzene rings is 3. The normalized spacial score (nSPS) is 12.4. The number of halogens is 1. The van der Waals surface area contributed by atoms with Crippen LogP contribution in [0.2, 0.25) is 5.02 Å². The Hall–Kier alpha value is -3.35. The second kappa shape index (κ2) is 11.3. The highest BCUT2D eigenvalue weighted by molar-refractivity contribution is 6.30. The maximum atomic E-state index is 13.2. The molecular formula is C28H25ClO3. The van der Waals surface area contributed by atoms with Gasteiger partial charge < -0.3 is 4.74 Å². The summed E-state index contributed by atoms with van der Waals surface area (Å²) in [4.78, 5) is 25.8. The molecule has 32 heavy (non-hydrogen) atoms. The van der Waals surface area contributed by atoms with Crippen molar-refractivity contribution in [2.24, 2.45) is 0 Å². The minimum atomic E-state index is -0.390. The molecule has 0 radical (unpaired) electrons. The first kappa shape index (κ1) is 23.3. The second-order valence-corrected chi connectivity index (χ2v) is 8.17. The number of terminal acetylenes is 1. The number of esters is 1. The standard InChI is InChI=1S/C28H25ClO3/c1-3-17-32-28(31)19-26(21-7-5-4-6-8-21)25(22-13-15-24(29)16-14-22)18-27(30)23-11-9-20(2)10-12-23/h1,4-16,25-26H,17-19H2,2H3/t25-,26-/m0/s1. The number of hydrogen-bond donors (Lipinski definition) is 0. The topological polar surface area (TPSA) is 43.4 Å². The van der Waals surface area contributed by atoms with Gasteiger partial charge in [-0.15, -0.1) is 6.42 Å². The van der Waals surface area contributed by atoms with E-state index in [9.17, 15) is 9.59 Å². The van der Waals surface area contributed by atoms with Gasteiger partial charge in [0.2, 0.25) is 0 Å². The average molecular weight is 445 g/mol. The van der Waals surface area contributed by atoms with Crippen LogP contribution in [0.15, 0.2) is 78.9 Å². The van der Waals surface area contributed by atoms with E-state index in [2.05, 4.69) is 5.92 Å². The fourth-order valence-corrected chi connectivity index (χ4v) is 3.94. The van der Waals surface area contributed by atoms with Gasteiger partial charge in [0, 0.05) is 22.9 Å². The monoisotopic (exact) mass is 444 g/mol. The van der Waals surface area contributed by atoms with Gasteiger partial charge in [0.05, 0.1) is 6.42 Å². The van der Waals surface area contributed by atoms with E-state index in [-0.39, 0.29) is 37.1 Å². The van der Waals surface area contributed by atoms with Crippen molar-refractivity contribution in [1.82, 2.24) is 0 Å². The summed E-state index contributed by atoms with van der Waals surface area (Å²) >= 11 is 6.11. The van der Waals surface area contributed by atoms with Crippen LogP contribution in [-0.2, 0) is 9.53 Å². The maximum absolute atomic E-state index is 13.2. The van der Waals surface area contributed by atoms with E-state index in [0.717, 1.165) is 16.7 Å². The van der Waals surface area contributed by atoms with Gasteiger partial charge >= 0.3 is 5.97 Å². The molecule has 4 heteroatoms. The predicted octanol–water partition coefficient (Wildman–Crippen LogP) is 6.36. The highest BCUT2D eigenvalue weighted by atomic mass is 35.5. The first-order valence-electron chi connectivity index (χ1n) is 10.5. The van der Waals surface area contributed by atoms with Crippen molar-refractivity contribution in [1.29, 1.82) is 0 Å². The Morgan fingerprint density at radius 3 is 2.09 bits per heavy atom. The predicted molar refractivity (Wildman–Crippen MR) is 128 cm³/mol. The van der Waals surface area contributed by atoms with Crippen molar-refractivity contribution in [2.75, 3.05) is 6.61 Å². The molecular weight excluding hydrogens is 420 g/mol. The van der Waals surface area contributed by atoms with Crippen molar-refractivity contribution in [2.45, 2.75) is 31.6 Å². The van der Waals surface area contributed by atoms with Gasteiger partial charge in [-0.25, -0.2) is 0 Å². The zero-order chi connectivity index (χ0) is 22.9. The van der Waals surface area contributed by atoms with Crippen molar-refractivity contribution < 1.29 is 14.3 Å². The minimum absolute atomic E-state index is 0.0165. The molecule has 0 fully saturated rings. The molecule has 3 aromatic carbocycles. The van der Waals surface area contributed by atoms with Crippen molar-refractivity contribution in [3.63, 3.8) is 0 Å². The summed E-state index contributed by atoms with van der Waals surface area (Å²) in [5.74, 6) is 1.44. The van der Waals surface area contributed by atoms with E-state index >= 15 is 0 Å². The lowest BCUT2D eigenvalue weighted by atomic mass is 9.76. The third-order valence-corrected chi connectivity index (χ3v) is 5.75. The van der Waals surface area contributed by atoms with Crippen molar-refractivity contribution in [3.8, 4) is 12.3 Å². The summed E-state index contributed by atoms with van der Waals surface area (Å²) < 4.78 is 5.17. The van der Waals surface area contributed by atoms with Gasteiger partial charge in [0.1, 0.15) is 0 Å². The Labute approximate surface area is 194 Å². The van der Waals surface area contributed by atoms with Crippen LogP contribution in [0.4, 0.5) is 0 Å². The zero-order valence-corrected chi connectivity index (χ0v) is 18.7. The Morgan fingerprint density at radius 2 is 1.47 bits per heavy atom. The van der Waals surface area contributed by atoms with E-state index in [1.807, 2.05) is 73.7 Å². The van der Waals surface area contributed by atoms with Gasteiger partial charge in [-0.2, -0.15) is 0 Å². The van der Waals surface area contributed by atoms with Crippen LogP contribution in [0.5, 0.6) is 0 Å². The van der Waals surface area contributed by atoms with Gasteiger partial charge in [-0.1, -0.05) is 89.8 Å². The van der Waals surface area contributed by atoms with Crippen LogP contribution in [0.25, 0.3) is 0 Å². The summed E-state index contributed by atoms with van der Waals surface area (Å²) in [6.45, 7) is 1.91. The number of carbonyl (C=O) groups is 2. The highest BCUT2D eigenvalue weighted by Gasteiger charge is 2.30. The number of ketones is 1. The fourth-order valence-electron chi connectivity index (χ4n) is 3.81. The Kier molecular flexibility index (Phi) is 8.25. The minimum Gasteiger partial charge on any atom is -0.452 e. The molecule has 0 saturated carbocycles. The molecule has 0 aliphatic carbocycles. The van der Waals surface area contributed by atoms with Gasteiger partial charge in [0.25, 0.3) is 0 Å². The Bertz CT molecular complexity index is 1080. The molecule has 0 spiro atoms. The van der Waals surface area contributed by atoms with Crippen LogP contribution in [0, 0.1) is 19.3 Å². The molecule has 0 aliphatic heterocycles. The summed E-state index contributed by atoms with van der Waals surface area (Å²) in [7, 11) is 0. The summed E-state index contributed by atoms with van der Waals surface area (Å²) in [6, 6.07) is 24.7. The van der Waals surface area contributed by atoms with Crippen molar-refractivity contribution >= 4 is 23.4 Å². The second-order valence-electron chi connectivity index (χ2n) is 7.74. The molecule has 162 valence electrons. The largest absolute Gasteiger partial charge is 0.452 e. The van der Waals surface area contributed by atoms with E-state index in [1.54, 1.807) is 12.1 Å². The Balaban J connectivity index is 1.99. The van der Waals surface area contributed by atoms with E-state index in [1.165, 1.54) is 0 Å². The third kappa shape index (κ3) is 6.33. The zero-order valence-electron chi connectivity index (χ0n) is 18.0. The third-order valence-electron chi connectivity index (χ3n) is 5.49. The number of Topliss-reactive ketones (excluding diaryl/α,β-unsaturated/α-hetero) is 1. The number of carbonyl (C=O) groups excluding carboxylic acids is 2. The molecule has 0 aliphatic rings. The number of hydrogen-bond acceptors (Lipinski definition) is 3.